The van der Waals surface area contributed by atoms with E-state index in [1.54, 1.807) is 12.2 Å². The molecule has 0 saturated carbocycles. The lowest BCUT2D eigenvalue weighted by Crippen LogP contribution is -2.53. The second kappa shape index (κ2) is 23.5. The molecule has 0 bridgehead atoms. The molecule has 1 N–H and O–H groups in total. The summed E-state index contributed by atoms with van der Waals surface area (Å²) in [6.45, 7) is 38.3. The highest BCUT2D eigenvalue weighted by atomic mass is 28.4. The highest BCUT2D eigenvalue weighted by Gasteiger charge is 2.48. The van der Waals surface area contributed by atoms with E-state index < -0.39 is 37.0 Å². The van der Waals surface area contributed by atoms with Gasteiger partial charge in [0.1, 0.15) is 6.10 Å². The highest BCUT2D eigenvalue weighted by molar-refractivity contribution is 6.77. The Morgan fingerprint density at radius 3 is 2.02 bits per heavy atom. The Hall–Kier alpha value is -2.09. The van der Waals surface area contributed by atoms with Crippen LogP contribution in [0.1, 0.15) is 122 Å². The molecule has 10 heteroatoms. The lowest BCUT2D eigenvalue weighted by molar-refractivity contribution is -0.144. The third-order valence-electron chi connectivity index (χ3n) is 11.3. The molecule has 1 heterocycles. The van der Waals surface area contributed by atoms with Crippen LogP contribution in [0.4, 0.5) is 0 Å². The van der Waals surface area contributed by atoms with Gasteiger partial charge in [-0.3, -0.25) is 0 Å². The van der Waals surface area contributed by atoms with Crippen molar-refractivity contribution in [3.05, 3.63) is 71.9 Å². The molecule has 0 fully saturated rings. The van der Waals surface area contributed by atoms with Crippen LogP contribution in [0.3, 0.4) is 0 Å². The molecule has 1 rings (SSSR count). The van der Waals surface area contributed by atoms with Crippen molar-refractivity contribution in [2.24, 2.45) is 5.92 Å². The van der Waals surface area contributed by atoms with Gasteiger partial charge in [0.2, 0.25) is 8.32 Å². The van der Waals surface area contributed by atoms with E-state index in [0.717, 1.165) is 42.9 Å². The smallest absolute Gasteiger partial charge is 0.330 e. The second-order valence-corrected chi connectivity index (χ2v) is 34.1. The number of ether oxygens (including phenoxy) is 1. The molecule has 56 heavy (non-hydrogen) atoms. The van der Waals surface area contributed by atoms with Crippen LogP contribution in [0.2, 0.25) is 54.4 Å². The van der Waals surface area contributed by atoms with Gasteiger partial charge < -0.3 is 23.1 Å². The van der Waals surface area contributed by atoms with Gasteiger partial charge in [-0.2, -0.15) is 0 Å². The third kappa shape index (κ3) is 18.2. The van der Waals surface area contributed by atoms with E-state index in [1.807, 2.05) is 26.0 Å². The van der Waals surface area contributed by atoms with Gasteiger partial charge in [-0.15, -0.1) is 0 Å². The molecular formula is C46H82O7Si3. The molecule has 0 aromatic carbocycles. The van der Waals surface area contributed by atoms with Gasteiger partial charge in [-0.25, -0.2) is 9.59 Å². The number of hydrogen-bond donors (Lipinski definition) is 1. The quantitative estimate of drug-likeness (QED) is 0.0650. The molecule has 0 radical (unpaired) electrons. The van der Waals surface area contributed by atoms with Gasteiger partial charge >= 0.3 is 11.9 Å². The molecule has 0 aromatic heterocycles. The average molecular weight is 831 g/mol. The van der Waals surface area contributed by atoms with E-state index in [4.69, 9.17) is 23.1 Å². The maximum atomic E-state index is 13.2. The first-order valence-corrected chi connectivity index (χ1v) is 29.7. The number of carbonyl (C=O) groups excluding carboxylic acids is 1. The molecule has 320 valence electrons. The van der Waals surface area contributed by atoms with Gasteiger partial charge in [0.15, 0.2) is 16.6 Å². The number of hydrogen-bond acceptors (Lipinski definition) is 6. The van der Waals surface area contributed by atoms with Gasteiger partial charge in [-0.05, 0) is 100 Å². The number of cyclic esters (lactones) is 1. The first-order chi connectivity index (χ1) is 25.7. The summed E-state index contributed by atoms with van der Waals surface area (Å²) in [6, 6.07) is 0. The Balaban J connectivity index is 3.83. The zero-order valence-corrected chi connectivity index (χ0v) is 41.5. The fraction of sp³-hybridized carbons (Fsp3) is 0.696. The van der Waals surface area contributed by atoms with E-state index >= 15 is 0 Å². The van der Waals surface area contributed by atoms with Crippen molar-refractivity contribution < 1.29 is 32.7 Å². The lowest BCUT2D eigenvalue weighted by atomic mass is 9.95. The number of rotatable bonds is 13. The molecule has 5 atom stereocenters. The lowest BCUT2D eigenvalue weighted by Gasteiger charge is -2.46. The normalized spacial score (nSPS) is 25.8. The molecule has 0 aliphatic carbocycles. The van der Waals surface area contributed by atoms with Gasteiger partial charge in [-0.1, -0.05) is 129 Å². The standard InChI is InChI=1S/C46H82O7Si3/c1-34(2)56(35(3)4,36(5)6)53-42-30-29-40(51-55(16,17)46(10,11)12)25-21-19-23-27-45(49)50-43(39(9)32-38(8)28-31-44(47)48)33-37(7)24-20-18-22-26-41(42)52-54(13,14)15/h18,20,23-24,27-32,34-36,39-43H,19,21-22,25-26,33H2,1-17H3,(H,47,48)/b20-18+,27-23+,30-29+,31-28+,37-24+,38-32+/t39-,40+,41-,42-,43-/m1/s1. The van der Waals surface area contributed by atoms with Gasteiger partial charge in [0, 0.05) is 24.5 Å². The van der Waals surface area contributed by atoms with Crippen molar-refractivity contribution >= 4 is 36.9 Å². The topological polar surface area (TPSA) is 91.3 Å². The molecule has 0 unspecified atom stereocenters. The van der Waals surface area contributed by atoms with E-state index in [0.29, 0.717) is 29.5 Å². The number of allylic oxidation sites excluding steroid dienone is 6. The third-order valence-corrected chi connectivity index (χ3v) is 22.9. The fourth-order valence-electron chi connectivity index (χ4n) is 7.51. The summed E-state index contributed by atoms with van der Waals surface area (Å²) < 4.78 is 27.9. The Bertz CT molecular complexity index is 1380. The monoisotopic (exact) mass is 831 g/mol. The highest BCUT2D eigenvalue weighted by Crippen LogP contribution is 2.44. The molecule has 0 amide bonds. The van der Waals surface area contributed by atoms with Crippen molar-refractivity contribution in [1.82, 2.24) is 0 Å². The summed E-state index contributed by atoms with van der Waals surface area (Å²) in [7, 11) is -6.39. The summed E-state index contributed by atoms with van der Waals surface area (Å²) in [4.78, 5) is 24.2. The Morgan fingerprint density at radius 2 is 1.48 bits per heavy atom. The first-order valence-electron chi connectivity index (χ1n) is 21.2. The number of carboxylic acid groups (broad SMARTS) is 1. The Labute approximate surface area is 346 Å². The van der Waals surface area contributed by atoms with Gasteiger partial charge in [0.25, 0.3) is 0 Å². The number of aliphatic carboxylic acids is 1. The predicted molar refractivity (Wildman–Crippen MR) is 245 cm³/mol. The Morgan fingerprint density at radius 1 is 0.875 bits per heavy atom. The summed E-state index contributed by atoms with van der Waals surface area (Å²) in [5.41, 5.74) is 3.19. The van der Waals surface area contributed by atoms with Crippen LogP contribution in [0, 0.1) is 5.92 Å². The number of esters is 1. The van der Waals surface area contributed by atoms with Crippen LogP contribution >= 0.6 is 0 Å². The maximum absolute atomic E-state index is 13.2. The van der Waals surface area contributed by atoms with Crippen LogP contribution in [0.25, 0.3) is 0 Å². The largest absolute Gasteiger partial charge is 0.478 e. The van der Waals surface area contributed by atoms with Crippen molar-refractivity contribution in [1.29, 1.82) is 0 Å². The van der Waals surface area contributed by atoms with Crippen LogP contribution in [-0.2, 0) is 27.6 Å². The second-order valence-electron chi connectivity index (χ2n) is 19.4. The van der Waals surface area contributed by atoms with Gasteiger partial charge in [0.05, 0.1) is 18.3 Å². The van der Waals surface area contributed by atoms with Crippen LogP contribution < -0.4 is 0 Å². The zero-order chi connectivity index (χ0) is 43.1. The zero-order valence-electron chi connectivity index (χ0n) is 38.5. The summed E-state index contributed by atoms with van der Waals surface area (Å²) in [6.07, 6.45) is 22.9. The number of carbonyl (C=O) groups is 2. The van der Waals surface area contributed by atoms with Crippen molar-refractivity contribution in [3.8, 4) is 0 Å². The molecule has 0 spiro atoms. The summed E-state index contributed by atoms with van der Waals surface area (Å²) in [5.74, 6) is -1.50. The van der Waals surface area contributed by atoms with E-state index in [1.165, 1.54) is 0 Å². The minimum absolute atomic E-state index is 0.0508. The predicted octanol–water partition coefficient (Wildman–Crippen LogP) is 13.3. The molecule has 7 nitrogen and oxygen atoms in total. The van der Waals surface area contributed by atoms with E-state index in [2.05, 4.69) is 132 Å². The van der Waals surface area contributed by atoms with Crippen LogP contribution in [0.5, 0.6) is 0 Å². The van der Waals surface area contributed by atoms with Crippen molar-refractivity contribution in [2.75, 3.05) is 0 Å². The minimum atomic E-state index is -2.29. The van der Waals surface area contributed by atoms with Crippen LogP contribution in [0.15, 0.2) is 71.9 Å². The fourth-order valence-corrected chi connectivity index (χ4v) is 15.5. The van der Waals surface area contributed by atoms with E-state index in [-0.39, 0.29) is 35.2 Å². The molecular weight excluding hydrogens is 749 g/mol. The average Bonchev–Trinajstić information content (AvgIpc) is 3.04. The SMILES string of the molecule is CC(/C=C/C(=O)O)=C\[C@@H](C)[C@H]1C/C(C)=C/C=C/CC[C@@H](O[Si](C)(C)C)[C@H](O[Si](C(C)C)(C(C)C)C(C)C)/C=C/[C@@H](O[Si](C)(C)C(C)(C)C)CCC/C=C/C(=O)O1. The summed E-state index contributed by atoms with van der Waals surface area (Å²) in [5, 5.41) is 9.14. The minimum Gasteiger partial charge on any atom is -0.478 e. The first kappa shape index (κ1) is 51.9. The van der Waals surface area contributed by atoms with Crippen molar-refractivity contribution in [3.63, 3.8) is 0 Å². The number of carboxylic acids is 1. The van der Waals surface area contributed by atoms with Crippen molar-refractivity contribution in [2.45, 2.75) is 200 Å². The maximum Gasteiger partial charge on any atom is 0.330 e. The molecule has 1 aliphatic heterocycles. The van der Waals surface area contributed by atoms with E-state index in [9.17, 15) is 9.59 Å². The summed E-state index contributed by atoms with van der Waals surface area (Å²) >= 11 is 0. The Kier molecular flexibility index (Phi) is 21.8. The molecule has 0 aromatic rings. The van der Waals surface area contributed by atoms with Crippen LogP contribution in [-0.4, -0.2) is 66.4 Å². The molecule has 1 aliphatic rings. The molecule has 0 saturated heterocycles.